The van der Waals surface area contributed by atoms with E-state index in [1.165, 1.54) is 11.8 Å². The molecule has 0 unspecified atom stereocenters. The third-order valence-corrected chi connectivity index (χ3v) is 4.38. The molecule has 7 heteroatoms. The first-order valence-electron chi connectivity index (χ1n) is 8.49. The monoisotopic (exact) mass is 380 g/mol. The molecular formula is C20H20N4O2S. The first kappa shape index (κ1) is 18.8. The lowest BCUT2D eigenvalue weighted by atomic mass is 10.2. The molecule has 0 aliphatic carbocycles. The van der Waals surface area contributed by atoms with Gasteiger partial charge < -0.3 is 4.74 Å². The predicted molar refractivity (Wildman–Crippen MR) is 107 cm³/mol. The normalized spacial score (nSPS) is 11.3. The fourth-order valence-electron chi connectivity index (χ4n) is 2.36. The van der Waals surface area contributed by atoms with Crippen molar-refractivity contribution in [1.29, 1.82) is 0 Å². The van der Waals surface area contributed by atoms with E-state index in [1.54, 1.807) is 47.3 Å². The minimum Gasteiger partial charge on any atom is -0.423 e. The Labute approximate surface area is 162 Å². The van der Waals surface area contributed by atoms with Crippen molar-refractivity contribution in [2.75, 3.05) is 6.26 Å². The fourth-order valence-corrected chi connectivity index (χ4v) is 2.80. The van der Waals surface area contributed by atoms with Crippen LogP contribution in [0.2, 0.25) is 0 Å². The second-order valence-corrected chi connectivity index (χ2v) is 6.85. The van der Waals surface area contributed by atoms with Crippen LogP contribution in [-0.2, 0) is 0 Å². The zero-order chi connectivity index (χ0) is 19.2. The number of carbonyl (C=O) groups excluding carboxylic acids is 1. The molecule has 1 aromatic heterocycles. The maximum atomic E-state index is 12.1. The van der Waals surface area contributed by atoms with Crippen LogP contribution in [0, 0.1) is 0 Å². The van der Waals surface area contributed by atoms with E-state index >= 15 is 0 Å². The highest BCUT2D eigenvalue weighted by Gasteiger charge is 2.13. The summed E-state index contributed by atoms with van der Waals surface area (Å²) in [5.74, 6) is 1.13. The first-order valence-corrected chi connectivity index (χ1v) is 9.72. The number of hydrogen-bond acceptors (Lipinski definition) is 6. The highest BCUT2D eigenvalue weighted by Crippen LogP contribution is 2.19. The van der Waals surface area contributed by atoms with Gasteiger partial charge >= 0.3 is 5.97 Å². The molecule has 0 saturated heterocycles. The molecular weight excluding hydrogens is 360 g/mol. The van der Waals surface area contributed by atoms with E-state index in [4.69, 9.17) is 4.74 Å². The fraction of sp³-hybridized carbons (Fsp3) is 0.200. The maximum absolute atomic E-state index is 12.1. The molecule has 0 aliphatic rings. The molecule has 27 heavy (non-hydrogen) atoms. The summed E-state index contributed by atoms with van der Waals surface area (Å²) in [4.78, 5) is 12.1. The van der Waals surface area contributed by atoms with Gasteiger partial charge in [-0.25, -0.2) is 4.79 Å². The molecule has 3 aromatic rings. The Hall–Kier alpha value is -2.93. The lowest BCUT2D eigenvalue weighted by Crippen LogP contribution is -2.08. The van der Waals surface area contributed by atoms with Crippen molar-refractivity contribution < 1.29 is 9.53 Å². The Bertz CT molecular complexity index is 934. The first-order chi connectivity index (χ1) is 13.1. The number of benzene rings is 2. The lowest BCUT2D eigenvalue weighted by Gasteiger charge is -2.06. The molecule has 0 saturated carbocycles. The number of hydrogen-bond donors (Lipinski definition) is 0. The van der Waals surface area contributed by atoms with Crippen LogP contribution in [0.3, 0.4) is 0 Å². The van der Waals surface area contributed by atoms with Crippen LogP contribution in [0.4, 0.5) is 0 Å². The minimum absolute atomic E-state index is 0.218. The molecule has 0 bridgehead atoms. The molecule has 0 atom stereocenters. The molecule has 0 aliphatic heterocycles. The zero-order valence-corrected chi connectivity index (χ0v) is 16.2. The van der Waals surface area contributed by atoms with Gasteiger partial charge in [0, 0.05) is 5.92 Å². The second-order valence-electron chi connectivity index (χ2n) is 6.08. The van der Waals surface area contributed by atoms with Crippen molar-refractivity contribution in [3.8, 4) is 5.75 Å². The van der Waals surface area contributed by atoms with E-state index < -0.39 is 0 Å². The molecule has 0 spiro atoms. The minimum atomic E-state index is -0.382. The third kappa shape index (κ3) is 4.62. The summed E-state index contributed by atoms with van der Waals surface area (Å²) in [6.45, 7) is 4.10. The van der Waals surface area contributed by atoms with Gasteiger partial charge in [0.05, 0.1) is 11.8 Å². The molecule has 0 N–H and O–H groups in total. The average Bonchev–Trinajstić information content (AvgIpc) is 3.11. The van der Waals surface area contributed by atoms with Crippen LogP contribution < -0.4 is 4.74 Å². The van der Waals surface area contributed by atoms with Crippen LogP contribution in [-0.4, -0.2) is 33.3 Å². The van der Waals surface area contributed by atoms with Gasteiger partial charge in [0.25, 0.3) is 0 Å². The smallest absolute Gasteiger partial charge is 0.343 e. The van der Waals surface area contributed by atoms with E-state index in [0.717, 1.165) is 16.5 Å². The highest BCUT2D eigenvalue weighted by molar-refractivity contribution is 7.98. The van der Waals surface area contributed by atoms with Crippen molar-refractivity contribution in [1.82, 2.24) is 14.9 Å². The summed E-state index contributed by atoms with van der Waals surface area (Å²) in [5, 5.41) is 13.6. The van der Waals surface area contributed by atoms with Gasteiger partial charge in [-0.3, -0.25) is 0 Å². The van der Waals surface area contributed by atoms with Crippen molar-refractivity contribution >= 4 is 23.9 Å². The topological polar surface area (TPSA) is 69.4 Å². The summed E-state index contributed by atoms with van der Waals surface area (Å²) >= 11 is 1.49. The van der Waals surface area contributed by atoms with Crippen LogP contribution >= 0.6 is 11.8 Å². The van der Waals surface area contributed by atoms with E-state index in [-0.39, 0.29) is 11.9 Å². The molecule has 138 valence electrons. The number of nitrogens with zero attached hydrogens (tertiary/aromatic N) is 4. The Morgan fingerprint density at radius 3 is 2.44 bits per heavy atom. The van der Waals surface area contributed by atoms with E-state index in [2.05, 4.69) is 29.1 Å². The van der Waals surface area contributed by atoms with Gasteiger partial charge in [-0.1, -0.05) is 43.8 Å². The maximum Gasteiger partial charge on any atom is 0.343 e. The molecule has 0 radical (unpaired) electrons. The van der Waals surface area contributed by atoms with Crippen LogP contribution in [0.5, 0.6) is 5.75 Å². The molecule has 6 nitrogen and oxygen atoms in total. The third-order valence-electron chi connectivity index (χ3n) is 3.76. The van der Waals surface area contributed by atoms with Gasteiger partial charge in [0.2, 0.25) is 5.16 Å². The average molecular weight is 380 g/mol. The summed E-state index contributed by atoms with van der Waals surface area (Å²) in [6, 6.07) is 16.1. The highest BCUT2D eigenvalue weighted by atomic mass is 32.2. The summed E-state index contributed by atoms with van der Waals surface area (Å²) in [6.07, 6.45) is 3.67. The lowest BCUT2D eigenvalue weighted by molar-refractivity contribution is 0.0735. The van der Waals surface area contributed by atoms with E-state index in [0.29, 0.717) is 11.3 Å². The Morgan fingerprint density at radius 2 is 1.81 bits per heavy atom. The predicted octanol–water partition coefficient (Wildman–Crippen LogP) is 4.22. The van der Waals surface area contributed by atoms with E-state index in [1.807, 2.05) is 24.5 Å². The van der Waals surface area contributed by atoms with Gasteiger partial charge in [-0.15, -0.1) is 10.2 Å². The Kier molecular flexibility index (Phi) is 6.03. The Morgan fingerprint density at radius 1 is 1.11 bits per heavy atom. The van der Waals surface area contributed by atoms with Gasteiger partial charge in [-0.05, 0) is 48.2 Å². The number of rotatable bonds is 6. The quantitative estimate of drug-likeness (QED) is 0.277. The van der Waals surface area contributed by atoms with Crippen molar-refractivity contribution in [3.63, 3.8) is 0 Å². The molecule has 2 aromatic carbocycles. The number of esters is 1. The molecule has 0 amide bonds. The number of ether oxygens (including phenoxy) is 1. The van der Waals surface area contributed by atoms with Crippen LogP contribution in [0.25, 0.3) is 0 Å². The number of thioether (sulfide) groups is 1. The van der Waals surface area contributed by atoms with E-state index in [9.17, 15) is 4.79 Å². The van der Waals surface area contributed by atoms with Gasteiger partial charge in [-0.2, -0.15) is 9.78 Å². The Balaban J connectivity index is 1.72. The number of carbonyl (C=O) groups is 1. The second kappa shape index (κ2) is 8.64. The molecule has 1 heterocycles. The van der Waals surface area contributed by atoms with Crippen LogP contribution in [0.1, 0.15) is 41.5 Å². The van der Waals surface area contributed by atoms with Gasteiger partial charge in [0.15, 0.2) is 5.82 Å². The number of aromatic nitrogens is 3. The summed E-state index contributed by atoms with van der Waals surface area (Å²) in [5.41, 5.74) is 1.39. The SMILES string of the molecule is CSc1nnc(C(C)C)n1/N=C\c1ccc(OC(=O)c2ccccc2)cc1. The standard InChI is InChI=1S/C20H20N4O2S/c1-14(2)18-22-23-20(27-3)24(18)21-13-15-9-11-17(12-10-15)26-19(25)16-7-5-4-6-8-16/h4-14H,1-3H3/b21-13-. The largest absolute Gasteiger partial charge is 0.423 e. The molecule has 0 fully saturated rings. The van der Waals surface area contributed by atoms with Crippen LogP contribution in [0.15, 0.2) is 64.9 Å². The summed E-state index contributed by atoms with van der Waals surface area (Å²) in [7, 11) is 0. The zero-order valence-electron chi connectivity index (χ0n) is 15.4. The molecule has 3 rings (SSSR count). The van der Waals surface area contributed by atoms with Crippen molar-refractivity contribution in [2.45, 2.75) is 24.9 Å². The van der Waals surface area contributed by atoms with Crippen molar-refractivity contribution in [3.05, 3.63) is 71.5 Å². The summed E-state index contributed by atoms with van der Waals surface area (Å²) < 4.78 is 7.13. The van der Waals surface area contributed by atoms with Crippen molar-refractivity contribution in [2.24, 2.45) is 5.10 Å². The van der Waals surface area contributed by atoms with Gasteiger partial charge in [0.1, 0.15) is 5.75 Å².